The first kappa shape index (κ1) is 21.2. The highest BCUT2D eigenvalue weighted by Gasteiger charge is 2.39. The van der Waals surface area contributed by atoms with Gasteiger partial charge in [0.05, 0.1) is 37.5 Å². The van der Waals surface area contributed by atoms with E-state index in [-0.39, 0.29) is 10.6 Å². The SMILES string of the molecule is COc1ccc(-c2c(C)nc3sc(C(C)(C)O)nn23)cc1S(=O)(=O)CC1(C)COC1. The highest BCUT2D eigenvalue weighted by atomic mass is 32.2. The molecule has 1 aromatic carbocycles. The zero-order chi connectivity index (χ0) is 21.9. The van der Waals surface area contributed by atoms with Gasteiger partial charge in [0, 0.05) is 11.0 Å². The van der Waals surface area contributed by atoms with Crippen molar-refractivity contribution in [2.75, 3.05) is 26.1 Å². The van der Waals surface area contributed by atoms with Gasteiger partial charge in [-0.05, 0) is 39.0 Å². The van der Waals surface area contributed by atoms with Crippen LogP contribution in [0.1, 0.15) is 31.5 Å². The first-order valence-electron chi connectivity index (χ1n) is 9.51. The predicted molar refractivity (Wildman–Crippen MR) is 114 cm³/mol. The number of imidazole rings is 1. The van der Waals surface area contributed by atoms with Crippen LogP contribution in [-0.4, -0.2) is 54.2 Å². The Hall–Kier alpha value is -2.01. The number of benzene rings is 1. The molecule has 4 rings (SSSR count). The fourth-order valence-electron chi connectivity index (χ4n) is 3.57. The molecule has 8 nitrogen and oxygen atoms in total. The van der Waals surface area contributed by atoms with Crippen LogP contribution in [0.2, 0.25) is 0 Å². The number of aliphatic hydroxyl groups is 1. The topological polar surface area (TPSA) is 103 Å². The van der Waals surface area contributed by atoms with Crippen LogP contribution < -0.4 is 4.74 Å². The molecule has 162 valence electrons. The van der Waals surface area contributed by atoms with Crippen molar-refractivity contribution in [3.05, 3.63) is 28.9 Å². The van der Waals surface area contributed by atoms with Crippen molar-refractivity contribution in [3.8, 4) is 17.0 Å². The number of ether oxygens (including phenoxy) is 2. The molecule has 0 bridgehead atoms. The number of sulfone groups is 1. The molecule has 1 aliphatic rings. The number of fused-ring (bicyclic) bond motifs is 1. The van der Waals surface area contributed by atoms with E-state index < -0.39 is 20.9 Å². The molecule has 1 aliphatic heterocycles. The summed E-state index contributed by atoms with van der Waals surface area (Å²) < 4.78 is 38.7. The average molecular weight is 452 g/mol. The van der Waals surface area contributed by atoms with Crippen LogP contribution in [0.15, 0.2) is 23.1 Å². The Kier molecular flexibility index (Phi) is 4.96. The van der Waals surface area contributed by atoms with Crippen LogP contribution in [0.25, 0.3) is 16.2 Å². The van der Waals surface area contributed by atoms with Gasteiger partial charge < -0.3 is 14.6 Å². The number of methoxy groups -OCH3 is 1. The first-order valence-corrected chi connectivity index (χ1v) is 12.0. The lowest BCUT2D eigenvalue weighted by Crippen LogP contribution is -2.45. The summed E-state index contributed by atoms with van der Waals surface area (Å²) in [5.74, 6) is 0.289. The van der Waals surface area contributed by atoms with Crippen LogP contribution in [0.3, 0.4) is 0 Å². The Labute approximate surface area is 179 Å². The van der Waals surface area contributed by atoms with Crippen molar-refractivity contribution in [3.63, 3.8) is 0 Å². The number of hydrogen-bond acceptors (Lipinski definition) is 8. The molecule has 10 heteroatoms. The quantitative estimate of drug-likeness (QED) is 0.615. The molecule has 2 aromatic heterocycles. The van der Waals surface area contributed by atoms with Gasteiger partial charge in [-0.15, -0.1) is 0 Å². The third-order valence-corrected chi connectivity index (χ3v) is 8.40. The minimum Gasteiger partial charge on any atom is -0.495 e. The largest absolute Gasteiger partial charge is 0.495 e. The fourth-order valence-corrected chi connectivity index (χ4v) is 6.52. The maximum absolute atomic E-state index is 13.2. The molecular weight excluding hydrogens is 426 g/mol. The van der Waals surface area contributed by atoms with Crippen molar-refractivity contribution < 1.29 is 23.0 Å². The van der Waals surface area contributed by atoms with Crippen LogP contribution in [0.4, 0.5) is 0 Å². The van der Waals surface area contributed by atoms with Gasteiger partial charge in [0.15, 0.2) is 9.84 Å². The van der Waals surface area contributed by atoms with Crippen LogP contribution in [0, 0.1) is 12.3 Å². The second-order valence-corrected chi connectivity index (χ2v) is 11.5. The second kappa shape index (κ2) is 7.01. The number of aromatic nitrogens is 3. The smallest absolute Gasteiger partial charge is 0.213 e. The standard InChI is InChI=1S/C20H25N3O5S2/c1-12-16(23-18(21-12)29-17(22-23)19(2,3)24)13-6-7-14(27-5)15(8-13)30(25,26)11-20(4)9-28-10-20/h6-8,24H,9-11H2,1-5H3. The van der Waals surface area contributed by atoms with Crippen LogP contribution >= 0.6 is 11.3 Å². The monoisotopic (exact) mass is 451 g/mol. The van der Waals surface area contributed by atoms with Gasteiger partial charge in [-0.1, -0.05) is 18.3 Å². The Morgan fingerprint density at radius 3 is 2.63 bits per heavy atom. The van der Waals surface area contributed by atoms with Gasteiger partial charge in [0.25, 0.3) is 0 Å². The van der Waals surface area contributed by atoms with E-state index in [0.29, 0.717) is 40.2 Å². The summed E-state index contributed by atoms with van der Waals surface area (Å²) in [7, 11) is -2.15. The fraction of sp³-hybridized carbons (Fsp3) is 0.500. The number of hydrogen-bond donors (Lipinski definition) is 1. The van der Waals surface area contributed by atoms with Gasteiger partial charge in [0.1, 0.15) is 21.3 Å². The normalized spacial score (nSPS) is 16.6. The minimum absolute atomic E-state index is 0.0137. The van der Waals surface area contributed by atoms with E-state index in [1.54, 1.807) is 36.6 Å². The molecule has 3 aromatic rings. The molecule has 3 heterocycles. The van der Waals surface area contributed by atoms with Crippen molar-refractivity contribution in [1.29, 1.82) is 0 Å². The maximum Gasteiger partial charge on any atom is 0.213 e. The van der Waals surface area contributed by atoms with Gasteiger partial charge in [-0.25, -0.2) is 17.9 Å². The zero-order valence-electron chi connectivity index (χ0n) is 17.6. The number of aryl methyl sites for hydroxylation is 1. The van der Waals surface area contributed by atoms with E-state index >= 15 is 0 Å². The molecule has 1 saturated heterocycles. The van der Waals surface area contributed by atoms with E-state index in [0.717, 1.165) is 5.69 Å². The summed E-state index contributed by atoms with van der Waals surface area (Å²) in [5, 5.41) is 15.4. The van der Waals surface area contributed by atoms with Crippen molar-refractivity contribution in [1.82, 2.24) is 14.6 Å². The van der Waals surface area contributed by atoms with Crippen molar-refractivity contribution in [2.45, 2.75) is 38.2 Å². The van der Waals surface area contributed by atoms with Gasteiger partial charge in [-0.2, -0.15) is 5.10 Å². The van der Waals surface area contributed by atoms with E-state index in [1.165, 1.54) is 18.4 Å². The summed E-state index contributed by atoms with van der Waals surface area (Å²) in [5.41, 5.74) is 0.599. The number of rotatable bonds is 6. The molecule has 0 atom stereocenters. The lowest BCUT2D eigenvalue weighted by molar-refractivity contribution is -0.0870. The van der Waals surface area contributed by atoms with Gasteiger partial charge in [0.2, 0.25) is 4.96 Å². The van der Waals surface area contributed by atoms with E-state index in [4.69, 9.17) is 9.47 Å². The molecule has 0 unspecified atom stereocenters. The average Bonchev–Trinajstić information content (AvgIpc) is 3.16. The van der Waals surface area contributed by atoms with Crippen molar-refractivity contribution in [2.24, 2.45) is 5.41 Å². The Bertz CT molecular complexity index is 1220. The molecule has 0 spiro atoms. The molecule has 0 amide bonds. The Balaban J connectivity index is 1.84. The Morgan fingerprint density at radius 2 is 2.07 bits per heavy atom. The summed E-state index contributed by atoms with van der Waals surface area (Å²) in [6.45, 7) is 7.94. The highest BCUT2D eigenvalue weighted by Crippen LogP contribution is 2.37. The third-order valence-electron chi connectivity index (χ3n) is 5.11. The number of nitrogens with zero attached hydrogens (tertiary/aromatic N) is 3. The molecule has 0 saturated carbocycles. The summed E-state index contributed by atoms with van der Waals surface area (Å²) in [6.07, 6.45) is 0. The minimum atomic E-state index is -3.61. The zero-order valence-corrected chi connectivity index (χ0v) is 19.2. The summed E-state index contributed by atoms with van der Waals surface area (Å²) in [4.78, 5) is 5.33. The summed E-state index contributed by atoms with van der Waals surface area (Å²) in [6, 6.07) is 5.08. The van der Waals surface area contributed by atoms with Gasteiger partial charge >= 0.3 is 0 Å². The molecular formula is C20H25N3O5S2. The molecule has 0 aliphatic carbocycles. The summed E-state index contributed by atoms with van der Waals surface area (Å²) >= 11 is 1.30. The van der Waals surface area contributed by atoms with Gasteiger partial charge in [-0.3, -0.25) is 0 Å². The molecule has 30 heavy (non-hydrogen) atoms. The highest BCUT2D eigenvalue weighted by molar-refractivity contribution is 7.91. The second-order valence-electron chi connectivity index (χ2n) is 8.63. The van der Waals surface area contributed by atoms with E-state index in [1.807, 2.05) is 13.8 Å². The van der Waals surface area contributed by atoms with Crippen LogP contribution in [-0.2, 0) is 20.2 Å². The van der Waals surface area contributed by atoms with E-state index in [9.17, 15) is 13.5 Å². The lowest BCUT2D eigenvalue weighted by atomic mass is 9.92. The van der Waals surface area contributed by atoms with Crippen molar-refractivity contribution >= 4 is 26.1 Å². The predicted octanol–water partition coefficient (Wildman–Crippen LogP) is 2.81. The maximum atomic E-state index is 13.2. The third kappa shape index (κ3) is 3.62. The molecule has 1 fully saturated rings. The Morgan fingerprint density at radius 1 is 1.37 bits per heavy atom. The first-order chi connectivity index (χ1) is 13.9. The molecule has 1 N–H and O–H groups in total. The van der Waals surface area contributed by atoms with E-state index in [2.05, 4.69) is 10.1 Å². The lowest BCUT2D eigenvalue weighted by Gasteiger charge is -2.37. The molecule has 0 radical (unpaired) electrons. The van der Waals surface area contributed by atoms with Crippen LogP contribution in [0.5, 0.6) is 5.75 Å².